The number of nitrogens with two attached hydrogens (primary N) is 1. The first kappa shape index (κ1) is 12.5. The van der Waals surface area contributed by atoms with Crippen LogP contribution in [0.3, 0.4) is 0 Å². The van der Waals surface area contributed by atoms with Crippen molar-refractivity contribution in [1.29, 1.82) is 0 Å². The Hall–Kier alpha value is -1.95. The molecule has 0 radical (unpaired) electrons. The van der Waals surface area contributed by atoms with E-state index in [9.17, 15) is 12.8 Å². The Morgan fingerprint density at radius 2 is 2.06 bits per heavy atom. The fourth-order valence-corrected chi connectivity index (χ4v) is 3.04. The number of sulfone groups is 1. The second-order valence-electron chi connectivity index (χ2n) is 3.80. The second-order valence-corrected chi connectivity index (χ2v) is 5.76. The number of anilines is 1. The molecule has 1 aromatic heterocycles. The number of halogens is 1. The summed E-state index contributed by atoms with van der Waals surface area (Å²) in [6, 6.07) is 6.57. The van der Waals surface area contributed by atoms with E-state index in [1.807, 2.05) is 0 Å². The van der Waals surface area contributed by atoms with Crippen molar-refractivity contribution in [3.63, 3.8) is 0 Å². The van der Waals surface area contributed by atoms with Crippen LogP contribution in [0, 0.1) is 5.82 Å². The van der Waals surface area contributed by atoms with Crippen LogP contribution in [0.25, 0.3) is 0 Å². The third-order valence-electron chi connectivity index (χ3n) is 2.39. The van der Waals surface area contributed by atoms with Crippen LogP contribution in [-0.2, 0) is 15.6 Å². The summed E-state index contributed by atoms with van der Waals surface area (Å²) in [4.78, 5) is 3.64. The van der Waals surface area contributed by atoms with Gasteiger partial charge in [-0.05, 0) is 29.8 Å². The molecule has 4 nitrogen and oxygen atoms in total. The molecule has 0 saturated carbocycles. The van der Waals surface area contributed by atoms with Gasteiger partial charge in [-0.2, -0.15) is 0 Å². The summed E-state index contributed by atoms with van der Waals surface area (Å²) in [7, 11) is -3.67. The molecule has 0 fully saturated rings. The molecule has 0 aliphatic carbocycles. The molecule has 2 N–H and O–H groups in total. The van der Waals surface area contributed by atoms with Gasteiger partial charge in [0.15, 0.2) is 9.84 Å². The summed E-state index contributed by atoms with van der Waals surface area (Å²) in [5.41, 5.74) is 6.14. The number of aromatic nitrogens is 1. The lowest BCUT2D eigenvalue weighted by Gasteiger charge is -2.07. The molecule has 0 aliphatic heterocycles. The maximum absolute atomic E-state index is 13.1. The zero-order valence-corrected chi connectivity index (χ0v) is 10.2. The first-order chi connectivity index (χ1) is 8.49. The second kappa shape index (κ2) is 4.73. The van der Waals surface area contributed by atoms with Crippen LogP contribution in [0.4, 0.5) is 10.1 Å². The summed E-state index contributed by atoms with van der Waals surface area (Å²) >= 11 is 0. The Kier molecular flexibility index (Phi) is 3.29. The average molecular weight is 266 g/mol. The molecular weight excluding hydrogens is 255 g/mol. The van der Waals surface area contributed by atoms with Crippen LogP contribution in [0.15, 0.2) is 47.6 Å². The lowest BCUT2D eigenvalue weighted by molar-refractivity contribution is 0.590. The summed E-state index contributed by atoms with van der Waals surface area (Å²) in [6.45, 7) is 0. The Morgan fingerprint density at radius 3 is 2.72 bits per heavy atom. The van der Waals surface area contributed by atoms with Crippen molar-refractivity contribution in [2.45, 2.75) is 10.6 Å². The molecule has 18 heavy (non-hydrogen) atoms. The molecule has 0 aliphatic rings. The topological polar surface area (TPSA) is 73.1 Å². The highest BCUT2D eigenvalue weighted by atomic mass is 32.2. The van der Waals surface area contributed by atoms with Gasteiger partial charge in [-0.1, -0.05) is 6.07 Å². The fraction of sp³-hybridized carbons (Fsp3) is 0.0833. The van der Waals surface area contributed by atoms with Crippen molar-refractivity contribution in [3.05, 3.63) is 54.1 Å². The monoisotopic (exact) mass is 266 g/mol. The van der Waals surface area contributed by atoms with Crippen LogP contribution in [-0.4, -0.2) is 13.4 Å². The van der Waals surface area contributed by atoms with Gasteiger partial charge < -0.3 is 5.73 Å². The van der Waals surface area contributed by atoms with E-state index in [1.165, 1.54) is 12.3 Å². The van der Waals surface area contributed by atoms with Gasteiger partial charge in [-0.3, -0.25) is 4.98 Å². The zero-order valence-electron chi connectivity index (χ0n) is 9.38. The number of nitrogens with zero attached hydrogens (tertiary/aromatic N) is 1. The van der Waals surface area contributed by atoms with E-state index in [4.69, 9.17) is 5.73 Å². The van der Waals surface area contributed by atoms with Crippen molar-refractivity contribution >= 4 is 15.5 Å². The van der Waals surface area contributed by atoms with Gasteiger partial charge in [0.1, 0.15) is 5.82 Å². The molecular formula is C12H11FN2O2S. The van der Waals surface area contributed by atoms with Crippen molar-refractivity contribution in [1.82, 2.24) is 4.98 Å². The Labute approximate surface area is 104 Å². The maximum Gasteiger partial charge on any atom is 0.184 e. The predicted molar refractivity (Wildman–Crippen MR) is 65.9 cm³/mol. The smallest absolute Gasteiger partial charge is 0.184 e. The third kappa shape index (κ3) is 2.65. The summed E-state index contributed by atoms with van der Waals surface area (Å²) in [5.74, 6) is -0.886. The third-order valence-corrected chi connectivity index (χ3v) is 4.13. The molecule has 0 saturated heterocycles. The first-order valence-electron chi connectivity index (χ1n) is 5.16. The largest absolute Gasteiger partial charge is 0.398 e. The minimum atomic E-state index is -3.67. The molecule has 94 valence electrons. The molecule has 0 bridgehead atoms. The van der Waals surface area contributed by atoms with Crippen molar-refractivity contribution < 1.29 is 12.8 Å². The van der Waals surface area contributed by atoms with Crippen LogP contribution < -0.4 is 5.73 Å². The van der Waals surface area contributed by atoms with Crippen molar-refractivity contribution in [2.24, 2.45) is 0 Å². The normalized spacial score (nSPS) is 11.4. The molecule has 1 heterocycles. The van der Waals surface area contributed by atoms with Crippen LogP contribution in [0.1, 0.15) is 5.56 Å². The molecule has 0 spiro atoms. The molecule has 6 heteroatoms. The molecule has 1 aromatic carbocycles. The lowest BCUT2D eigenvalue weighted by atomic mass is 10.3. The number of pyridine rings is 1. The van der Waals surface area contributed by atoms with Gasteiger partial charge in [-0.25, -0.2) is 12.8 Å². The molecule has 0 atom stereocenters. The summed E-state index contributed by atoms with van der Waals surface area (Å²) in [5, 5.41) is 0. The summed E-state index contributed by atoms with van der Waals surface area (Å²) < 4.78 is 37.3. The highest BCUT2D eigenvalue weighted by Gasteiger charge is 2.19. The number of hydrogen-bond donors (Lipinski definition) is 1. The van der Waals surface area contributed by atoms with E-state index in [0.29, 0.717) is 5.56 Å². The Morgan fingerprint density at radius 1 is 1.28 bits per heavy atom. The van der Waals surface area contributed by atoms with E-state index in [2.05, 4.69) is 4.98 Å². The first-order valence-corrected chi connectivity index (χ1v) is 6.81. The van der Waals surface area contributed by atoms with Gasteiger partial charge in [0, 0.05) is 12.4 Å². The minimum absolute atomic E-state index is 0.0419. The Bertz CT molecular complexity index is 657. The average Bonchev–Trinajstić information content (AvgIpc) is 2.33. The van der Waals surface area contributed by atoms with E-state index in [1.54, 1.807) is 18.3 Å². The van der Waals surface area contributed by atoms with Crippen molar-refractivity contribution in [3.8, 4) is 0 Å². The van der Waals surface area contributed by atoms with Gasteiger partial charge in [0.2, 0.25) is 0 Å². The van der Waals surface area contributed by atoms with E-state index in [0.717, 1.165) is 12.1 Å². The fourth-order valence-electron chi connectivity index (χ4n) is 1.56. The van der Waals surface area contributed by atoms with Gasteiger partial charge >= 0.3 is 0 Å². The molecule has 0 amide bonds. The molecule has 2 rings (SSSR count). The molecule has 2 aromatic rings. The van der Waals surface area contributed by atoms with E-state index >= 15 is 0 Å². The SMILES string of the molecule is Nc1ccc(F)cc1S(=O)(=O)Cc1cccnc1. The number of hydrogen-bond acceptors (Lipinski definition) is 4. The standard InChI is InChI=1S/C12H11FN2O2S/c13-10-3-4-11(14)12(6-10)18(16,17)8-9-2-1-5-15-7-9/h1-7H,8,14H2. The highest BCUT2D eigenvalue weighted by molar-refractivity contribution is 7.90. The van der Waals surface area contributed by atoms with Crippen molar-refractivity contribution in [2.75, 3.05) is 5.73 Å². The number of nitrogen functional groups attached to an aromatic ring is 1. The van der Waals surface area contributed by atoms with E-state index in [-0.39, 0.29) is 16.3 Å². The van der Waals surface area contributed by atoms with Crippen LogP contribution in [0.5, 0.6) is 0 Å². The number of benzene rings is 1. The Balaban J connectivity index is 2.40. The maximum atomic E-state index is 13.1. The van der Waals surface area contributed by atoms with Crippen LogP contribution >= 0.6 is 0 Å². The molecule has 0 unspecified atom stereocenters. The van der Waals surface area contributed by atoms with Gasteiger partial charge in [0.25, 0.3) is 0 Å². The van der Waals surface area contributed by atoms with Gasteiger partial charge in [-0.15, -0.1) is 0 Å². The predicted octanol–water partition coefficient (Wildman–Crippen LogP) is 1.78. The van der Waals surface area contributed by atoms with Gasteiger partial charge in [0.05, 0.1) is 16.3 Å². The highest BCUT2D eigenvalue weighted by Crippen LogP contribution is 2.23. The number of rotatable bonds is 3. The van der Waals surface area contributed by atoms with Crippen LogP contribution in [0.2, 0.25) is 0 Å². The van der Waals surface area contributed by atoms with E-state index < -0.39 is 15.7 Å². The minimum Gasteiger partial charge on any atom is -0.398 e. The quantitative estimate of drug-likeness (QED) is 0.859. The lowest BCUT2D eigenvalue weighted by Crippen LogP contribution is -2.08. The zero-order chi connectivity index (χ0) is 13.2. The summed E-state index contributed by atoms with van der Waals surface area (Å²) in [6.07, 6.45) is 3.00.